The lowest BCUT2D eigenvalue weighted by atomic mass is 10.0. The van der Waals surface area contributed by atoms with Gasteiger partial charge in [-0.15, -0.1) is 0 Å². The van der Waals surface area contributed by atoms with Crippen LogP contribution in [0.5, 0.6) is 0 Å². The van der Waals surface area contributed by atoms with Crippen LogP contribution in [-0.2, 0) is 33.3 Å². The van der Waals surface area contributed by atoms with Gasteiger partial charge in [0.15, 0.2) is 12.4 Å². The summed E-state index contributed by atoms with van der Waals surface area (Å²) in [5.74, 6) is -2.28. The zero-order valence-corrected chi connectivity index (χ0v) is 47.3. The number of quaternary nitrogens is 1. The Morgan fingerprint density at radius 3 is 1.18 bits per heavy atom. The maximum atomic E-state index is 12.9. The first-order valence-electron chi connectivity index (χ1n) is 29.6. The van der Waals surface area contributed by atoms with Crippen LogP contribution in [0.3, 0.4) is 0 Å². The van der Waals surface area contributed by atoms with E-state index >= 15 is 0 Å². The van der Waals surface area contributed by atoms with E-state index in [-0.39, 0.29) is 32.2 Å². The molecule has 0 amide bonds. The van der Waals surface area contributed by atoms with E-state index in [0.29, 0.717) is 23.9 Å². The van der Waals surface area contributed by atoms with Gasteiger partial charge in [-0.25, -0.2) is 0 Å². The number of hydrogen-bond acceptors (Lipinski definition) is 8. The standard InChI is InChI=1S/C63H111NO8/c1-6-8-10-12-14-16-18-20-22-24-25-26-27-28-29-30-31-32-33-34-35-36-37-38-40-42-44-46-48-50-52-54-61(66)72-59(58-71-63(62(67)68)69-56-55-64(3,4)5)57-70-60(65)53-51-49-47-45-43-41-39-23-21-19-17-15-13-11-9-7-2/h8,10,14,16,20,22,25-26,28-29,31-32,59,63H,6-7,9,11-13,15,17-19,21,23-24,27,30,33-58H2,1-5H3/b10-8-,16-14-,22-20-,26-25-,29-28-,32-31-. The molecular weight excluding hydrogens is 899 g/mol. The van der Waals surface area contributed by atoms with Crippen LogP contribution in [0.1, 0.15) is 251 Å². The molecule has 2 atom stereocenters. The monoisotopic (exact) mass is 1010 g/mol. The first-order valence-corrected chi connectivity index (χ1v) is 29.6. The van der Waals surface area contributed by atoms with Crippen molar-refractivity contribution in [2.24, 2.45) is 0 Å². The number of likely N-dealkylation sites (N-methyl/N-ethyl adjacent to an activating group) is 1. The minimum atomic E-state index is -1.62. The van der Waals surface area contributed by atoms with E-state index in [9.17, 15) is 19.5 Å². The van der Waals surface area contributed by atoms with Crippen molar-refractivity contribution in [2.75, 3.05) is 47.5 Å². The van der Waals surface area contributed by atoms with E-state index in [1.807, 2.05) is 21.1 Å². The molecule has 0 bridgehead atoms. The summed E-state index contributed by atoms with van der Waals surface area (Å²) in [4.78, 5) is 37.3. The molecule has 0 spiro atoms. The zero-order chi connectivity index (χ0) is 52.7. The molecule has 0 aromatic heterocycles. The number of aliphatic carboxylic acids is 1. The van der Waals surface area contributed by atoms with Crippen molar-refractivity contribution in [2.45, 2.75) is 264 Å². The third-order valence-electron chi connectivity index (χ3n) is 12.7. The molecule has 0 heterocycles. The highest BCUT2D eigenvalue weighted by Crippen LogP contribution is 2.16. The van der Waals surface area contributed by atoms with Gasteiger partial charge in [0, 0.05) is 12.8 Å². The minimum absolute atomic E-state index is 0.147. The lowest BCUT2D eigenvalue weighted by molar-refractivity contribution is -0.870. The first kappa shape index (κ1) is 68.7. The molecule has 0 aliphatic rings. The average molecular weight is 1010 g/mol. The van der Waals surface area contributed by atoms with Crippen LogP contribution in [0, 0.1) is 0 Å². The Morgan fingerprint density at radius 1 is 0.431 bits per heavy atom. The lowest BCUT2D eigenvalue weighted by Crippen LogP contribution is -2.44. The predicted octanol–water partition coefficient (Wildman–Crippen LogP) is 16.1. The van der Waals surface area contributed by atoms with Gasteiger partial charge in [-0.05, 0) is 64.2 Å². The van der Waals surface area contributed by atoms with Crippen LogP contribution in [-0.4, -0.2) is 82.3 Å². The molecule has 416 valence electrons. The largest absolute Gasteiger partial charge is 0.545 e. The number of allylic oxidation sites excluding steroid dienone is 12. The molecule has 0 aliphatic heterocycles. The number of ether oxygens (including phenoxy) is 4. The van der Waals surface area contributed by atoms with E-state index in [1.165, 1.54) is 141 Å². The number of unbranched alkanes of at least 4 members (excludes halogenated alkanes) is 27. The molecule has 0 radical (unpaired) electrons. The highest BCUT2D eigenvalue weighted by Gasteiger charge is 2.22. The zero-order valence-electron chi connectivity index (χ0n) is 47.3. The van der Waals surface area contributed by atoms with Crippen LogP contribution in [0.15, 0.2) is 72.9 Å². The summed E-state index contributed by atoms with van der Waals surface area (Å²) < 4.78 is 22.7. The van der Waals surface area contributed by atoms with Crippen molar-refractivity contribution in [1.82, 2.24) is 0 Å². The van der Waals surface area contributed by atoms with Crippen molar-refractivity contribution in [1.29, 1.82) is 0 Å². The smallest absolute Gasteiger partial charge is 0.306 e. The normalized spacial score (nSPS) is 13.3. The van der Waals surface area contributed by atoms with Crippen molar-refractivity contribution in [3.8, 4) is 0 Å². The van der Waals surface area contributed by atoms with Crippen LogP contribution < -0.4 is 5.11 Å². The summed E-state index contributed by atoms with van der Waals surface area (Å²) in [5.41, 5.74) is 0. The van der Waals surface area contributed by atoms with Gasteiger partial charge < -0.3 is 33.3 Å². The maximum absolute atomic E-state index is 12.9. The molecule has 2 unspecified atom stereocenters. The fourth-order valence-electron chi connectivity index (χ4n) is 8.19. The van der Waals surface area contributed by atoms with Crippen LogP contribution in [0.4, 0.5) is 0 Å². The molecule has 0 rings (SSSR count). The summed E-state index contributed by atoms with van der Waals surface area (Å²) in [7, 11) is 5.92. The predicted molar refractivity (Wildman–Crippen MR) is 301 cm³/mol. The summed E-state index contributed by atoms with van der Waals surface area (Å²) in [5, 5.41) is 11.8. The fourth-order valence-corrected chi connectivity index (χ4v) is 8.19. The second kappa shape index (κ2) is 54.0. The molecule has 9 nitrogen and oxygen atoms in total. The summed E-state index contributed by atoms with van der Waals surface area (Å²) >= 11 is 0. The Kier molecular flexibility index (Phi) is 51.6. The van der Waals surface area contributed by atoms with Gasteiger partial charge in [0.2, 0.25) is 0 Å². The van der Waals surface area contributed by atoms with E-state index < -0.39 is 24.3 Å². The SMILES string of the molecule is CC/C=C\C/C=C\C/C=C\C/C=C\C/C=C\C/C=C\CCCCCCCCCCCCCCC(=O)OC(COC(=O)CCCCCCCCCCCCCCCCCC)COC(OCC[N+](C)(C)C)C(=O)[O-]. The van der Waals surface area contributed by atoms with Crippen LogP contribution >= 0.6 is 0 Å². The molecule has 9 heteroatoms. The summed E-state index contributed by atoms with van der Waals surface area (Å²) in [6.45, 7) is 4.65. The number of carbonyl (C=O) groups is 3. The van der Waals surface area contributed by atoms with E-state index in [4.69, 9.17) is 18.9 Å². The summed E-state index contributed by atoms with van der Waals surface area (Å²) in [6, 6.07) is 0. The summed E-state index contributed by atoms with van der Waals surface area (Å²) in [6.07, 6.45) is 66.6. The van der Waals surface area contributed by atoms with Crippen molar-refractivity contribution < 1.29 is 42.9 Å². The highest BCUT2D eigenvalue weighted by molar-refractivity contribution is 5.70. The third kappa shape index (κ3) is 54.5. The number of nitrogens with zero attached hydrogens (tertiary/aromatic N) is 1. The molecule has 0 fully saturated rings. The number of hydrogen-bond donors (Lipinski definition) is 0. The number of carboxylic acid groups (broad SMARTS) is 1. The molecule has 0 N–H and O–H groups in total. The van der Waals surface area contributed by atoms with Gasteiger partial charge in [-0.3, -0.25) is 9.59 Å². The fraction of sp³-hybridized carbons (Fsp3) is 0.762. The van der Waals surface area contributed by atoms with Gasteiger partial charge in [0.25, 0.3) is 0 Å². The van der Waals surface area contributed by atoms with Crippen molar-refractivity contribution in [3.63, 3.8) is 0 Å². The van der Waals surface area contributed by atoms with E-state index in [0.717, 1.165) is 77.0 Å². The molecular formula is C63H111NO8. The highest BCUT2D eigenvalue weighted by atomic mass is 16.7. The Bertz CT molecular complexity index is 1410. The van der Waals surface area contributed by atoms with Gasteiger partial charge >= 0.3 is 11.9 Å². The number of carboxylic acids is 1. The number of carbonyl (C=O) groups excluding carboxylic acids is 3. The van der Waals surface area contributed by atoms with Crippen LogP contribution in [0.2, 0.25) is 0 Å². The molecule has 0 saturated carbocycles. The van der Waals surface area contributed by atoms with Gasteiger partial charge in [-0.1, -0.05) is 247 Å². The first-order chi connectivity index (χ1) is 35.1. The van der Waals surface area contributed by atoms with E-state index in [2.05, 4.69) is 86.8 Å². The van der Waals surface area contributed by atoms with Gasteiger partial charge in [0.1, 0.15) is 13.2 Å². The second-order valence-corrected chi connectivity index (χ2v) is 20.9. The van der Waals surface area contributed by atoms with Crippen molar-refractivity contribution >= 4 is 17.9 Å². The maximum Gasteiger partial charge on any atom is 0.306 e. The van der Waals surface area contributed by atoms with Gasteiger partial charge in [0.05, 0.1) is 40.3 Å². The molecule has 72 heavy (non-hydrogen) atoms. The van der Waals surface area contributed by atoms with Crippen LogP contribution in [0.25, 0.3) is 0 Å². The Labute approximate surface area is 443 Å². The minimum Gasteiger partial charge on any atom is -0.545 e. The molecule has 0 saturated heterocycles. The number of esters is 2. The topological polar surface area (TPSA) is 111 Å². The lowest BCUT2D eigenvalue weighted by Gasteiger charge is -2.26. The average Bonchev–Trinajstić information content (AvgIpc) is 3.35. The number of rotatable bonds is 54. The molecule has 0 aliphatic carbocycles. The molecule has 0 aromatic carbocycles. The van der Waals surface area contributed by atoms with Crippen molar-refractivity contribution in [3.05, 3.63) is 72.9 Å². The third-order valence-corrected chi connectivity index (χ3v) is 12.7. The second-order valence-electron chi connectivity index (χ2n) is 20.9. The quantitative estimate of drug-likeness (QED) is 0.0195. The molecule has 0 aromatic rings. The Balaban J connectivity index is 4.19. The van der Waals surface area contributed by atoms with E-state index in [1.54, 1.807) is 0 Å². The Morgan fingerprint density at radius 2 is 0.792 bits per heavy atom. The van der Waals surface area contributed by atoms with Gasteiger partial charge in [-0.2, -0.15) is 0 Å². The Hall–Kier alpha value is -3.27.